The number of para-hydroxylation sites is 1. The van der Waals surface area contributed by atoms with Crippen molar-refractivity contribution in [2.24, 2.45) is 10.7 Å². The van der Waals surface area contributed by atoms with Gasteiger partial charge in [0.25, 0.3) is 0 Å². The van der Waals surface area contributed by atoms with Crippen molar-refractivity contribution in [2.45, 2.75) is 79.1 Å². The Bertz CT molecular complexity index is 831. The van der Waals surface area contributed by atoms with Crippen molar-refractivity contribution in [1.29, 1.82) is 0 Å². The SMILES string of the molecule is CC(C)c1cccc(C(C)C)c1N=C/C=C(\N)c1c(C(C)C)cccc1C(C)C. The molecule has 0 fully saturated rings. The average Bonchev–Trinajstić information content (AvgIpc) is 2.66. The van der Waals surface area contributed by atoms with Crippen LogP contribution in [0.2, 0.25) is 0 Å². The van der Waals surface area contributed by atoms with Gasteiger partial charge < -0.3 is 5.73 Å². The second-order valence-electron chi connectivity index (χ2n) is 9.12. The van der Waals surface area contributed by atoms with Gasteiger partial charge in [-0.25, -0.2) is 0 Å². The average molecular weight is 391 g/mol. The second-order valence-corrected chi connectivity index (χ2v) is 9.12. The first kappa shape index (κ1) is 22.9. The number of nitrogens with zero attached hydrogens (tertiary/aromatic N) is 1. The van der Waals surface area contributed by atoms with Gasteiger partial charge in [-0.15, -0.1) is 0 Å². The van der Waals surface area contributed by atoms with Crippen LogP contribution in [0.25, 0.3) is 5.70 Å². The summed E-state index contributed by atoms with van der Waals surface area (Å²) in [6, 6.07) is 13.0. The highest BCUT2D eigenvalue weighted by atomic mass is 14.7. The quantitative estimate of drug-likeness (QED) is 0.480. The summed E-state index contributed by atoms with van der Waals surface area (Å²) >= 11 is 0. The Balaban J connectivity index is 2.53. The summed E-state index contributed by atoms with van der Waals surface area (Å²) in [7, 11) is 0. The first-order chi connectivity index (χ1) is 13.6. The molecule has 0 saturated heterocycles. The van der Waals surface area contributed by atoms with Crippen molar-refractivity contribution in [3.63, 3.8) is 0 Å². The minimum atomic E-state index is 0.418. The zero-order chi connectivity index (χ0) is 21.7. The van der Waals surface area contributed by atoms with Crippen molar-refractivity contribution in [2.75, 3.05) is 0 Å². The summed E-state index contributed by atoms with van der Waals surface area (Å²) in [5.41, 5.74) is 14.8. The maximum absolute atomic E-state index is 6.60. The van der Waals surface area contributed by atoms with Crippen molar-refractivity contribution in [3.8, 4) is 0 Å². The summed E-state index contributed by atoms with van der Waals surface area (Å²) in [4.78, 5) is 4.88. The van der Waals surface area contributed by atoms with E-state index in [1.165, 1.54) is 27.8 Å². The van der Waals surface area contributed by atoms with Crippen LogP contribution in [0.3, 0.4) is 0 Å². The van der Waals surface area contributed by atoms with Crippen LogP contribution in [0.5, 0.6) is 0 Å². The molecule has 156 valence electrons. The minimum absolute atomic E-state index is 0.418. The van der Waals surface area contributed by atoms with Crippen LogP contribution in [0.4, 0.5) is 5.69 Å². The summed E-state index contributed by atoms with van der Waals surface area (Å²) in [6.45, 7) is 17.8. The molecule has 0 radical (unpaired) electrons. The molecule has 0 spiro atoms. The summed E-state index contributed by atoms with van der Waals surface area (Å²) in [6.07, 6.45) is 3.85. The van der Waals surface area contributed by atoms with Crippen molar-refractivity contribution >= 4 is 17.6 Å². The van der Waals surface area contributed by atoms with Gasteiger partial charge >= 0.3 is 0 Å². The fourth-order valence-corrected chi connectivity index (χ4v) is 3.82. The van der Waals surface area contributed by atoms with E-state index < -0.39 is 0 Å². The number of allylic oxidation sites excluding steroid dienone is 1. The van der Waals surface area contributed by atoms with E-state index in [4.69, 9.17) is 10.7 Å². The monoisotopic (exact) mass is 390 g/mol. The molecule has 0 aliphatic heterocycles. The van der Waals surface area contributed by atoms with Crippen LogP contribution in [0, 0.1) is 0 Å². The Kier molecular flexibility index (Phi) is 7.84. The lowest BCUT2D eigenvalue weighted by molar-refractivity contribution is 0.826. The Morgan fingerprint density at radius 2 is 1.07 bits per heavy atom. The standard InChI is InChI=1S/C27H38N2/c1-17(2)21-11-9-12-22(18(3)4)26(21)25(28)15-16-29-27-23(19(5)6)13-10-14-24(27)20(7)8/h9-20H,28H2,1-8H3/b25-15-,29-16?. The topological polar surface area (TPSA) is 38.4 Å². The lowest BCUT2D eigenvalue weighted by atomic mass is 9.87. The predicted molar refractivity (Wildman–Crippen MR) is 130 cm³/mol. The maximum atomic E-state index is 6.60. The molecule has 0 amide bonds. The van der Waals surface area contributed by atoms with Gasteiger partial charge in [-0.05, 0) is 52.0 Å². The minimum Gasteiger partial charge on any atom is -0.398 e. The largest absolute Gasteiger partial charge is 0.398 e. The van der Waals surface area contributed by atoms with Crippen LogP contribution in [-0.2, 0) is 0 Å². The number of nitrogens with two attached hydrogens (primary N) is 1. The van der Waals surface area contributed by atoms with E-state index in [9.17, 15) is 0 Å². The number of hydrogen-bond donors (Lipinski definition) is 1. The smallest absolute Gasteiger partial charge is 0.0698 e. The Morgan fingerprint density at radius 1 is 0.690 bits per heavy atom. The van der Waals surface area contributed by atoms with Crippen molar-refractivity contribution in [3.05, 3.63) is 70.3 Å². The van der Waals surface area contributed by atoms with Crippen LogP contribution >= 0.6 is 0 Å². The molecule has 0 aliphatic carbocycles. The molecular formula is C27H38N2. The van der Waals surface area contributed by atoms with Gasteiger partial charge in [0.15, 0.2) is 0 Å². The number of hydrogen-bond acceptors (Lipinski definition) is 2. The third-order valence-electron chi connectivity index (χ3n) is 5.46. The molecule has 29 heavy (non-hydrogen) atoms. The normalized spacial score (nSPS) is 12.9. The molecular weight excluding hydrogens is 352 g/mol. The van der Waals surface area contributed by atoms with Gasteiger partial charge in [-0.2, -0.15) is 0 Å². The van der Waals surface area contributed by atoms with Gasteiger partial charge in [-0.3, -0.25) is 4.99 Å². The van der Waals surface area contributed by atoms with Crippen molar-refractivity contribution in [1.82, 2.24) is 0 Å². The molecule has 2 aromatic carbocycles. The van der Waals surface area contributed by atoms with Gasteiger partial charge in [0.1, 0.15) is 0 Å². The summed E-state index contributed by atoms with van der Waals surface area (Å²) in [5, 5.41) is 0. The van der Waals surface area contributed by atoms with Gasteiger partial charge in [-0.1, -0.05) is 91.8 Å². The van der Waals surface area contributed by atoms with E-state index in [0.29, 0.717) is 23.7 Å². The fourth-order valence-electron chi connectivity index (χ4n) is 3.82. The highest BCUT2D eigenvalue weighted by Crippen LogP contribution is 2.35. The fraction of sp³-hybridized carbons (Fsp3) is 0.444. The zero-order valence-electron chi connectivity index (χ0n) is 19.5. The van der Waals surface area contributed by atoms with Gasteiger partial charge in [0.2, 0.25) is 0 Å². The maximum Gasteiger partial charge on any atom is 0.0698 e. The van der Waals surface area contributed by atoms with Crippen LogP contribution in [0.15, 0.2) is 47.5 Å². The summed E-state index contributed by atoms with van der Waals surface area (Å²) < 4.78 is 0. The lowest BCUT2D eigenvalue weighted by Crippen LogP contribution is -2.08. The van der Waals surface area contributed by atoms with Crippen LogP contribution < -0.4 is 5.73 Å². The molecule has 2 nitrogen and oxygen atoms in total. The Hall–Kier alpha value is -2.35. The molecule has 2 heteroatoms. The first-order valence-corrected chi connectivity index (χ1v) is 10.9. The van der Waals surface area contributed by atoms with E-state index in [1.54, 1.807) is 0 Å². The van der Waals surface area contributed by atoms with Crippen molar-refractivity contribution < 1.29 is 0 Å². The molecule has 0 heterocycles. The zero-order valence-corrected chi connectivity index (χ0v) is 19.5. The Morgan fingerprint density at radius 3 is 1.45 bits per heavy atom. The van der Waals surface area contributed by atoms with E-state index in [0.717, 1.165) is 11.4 Å². The highest BCUT2D eigenvalue weighted by Gasteiger charge is 2.16. The molecule has 2 aromatic rings. The van der Waals surface area contributed by atoms with Crippen LogP contribution in [-0.4, -0.2) is 6.21 Å². The molecule has 0 saturated carbocycles. The number of aliphatic imine (C=N–C) groups is 1. The molecule has 0 bridgehead atoms. The third kappa shape index (κ3) is 5.38. The molecule has 2 rings (SSSR count). The van der Waals surface area contributed by atoms with E-state index in [1.807, 2.05) is 12.3 Å². The van der Waals surface area contributed by atoms with E-state index in [2.05, 4.69) is 91.8 Å². The number of benzene rings is 2. The molecule has 0 unspecified atom stereocenters. The molecule has 0 aromatic heterocycles. The first-order valence-electron chi connectivity index (χ1n) is 10.9. The number of rotatable bonds is 7. The van der Waals surface area contributed by atoms with Crippen LogP contribution in [0.1, 0.15) is 107 Å². The predicted octanol–water partition coefficient (Wildman–Crippen LogP) is 7.88. The summed E-state index contributed by atoms with van der Waals surface area (Å²) in [5.74, 6) is 1.69. The molecule has 2 N–H and O–H groups in total. The molecule has 0 atom stereocenters. The van der Waals surface area contributed by atoms with E-state index in [-0.39, 0.29) is 0 Å². The lowest BCUT2D eigenvalue weighted by Gasteiger charge is -2.19. The van der Waals surface area contributed by atoms with E-state index >= 15 is 0 Å². The van der Waals surface area contributed by atoms with Gasteiger partial charge in [0, 0.05) is 17.5 Å². The van der Waals surface area contributed by atoms with Gasteiger partial charge in [0.05, 0.1) is 5.69 Å². The highest BCUT2D eigenvalue weighted by molar-refractivity contribution is 5.87. The third-order valence-corrected chi connectivity index (χ3v) is 5.46. The molecule has 0 aliphatic rings. The Labute approximate surface area is 178 Å². The second kappa shape index (κ2) is 9.91.